The van der Waals surface area contributed by atoms with E-state index in [0.717, 1.165) is 24.8 Å². The summed E-state index contributed by atoms with van der Waals surface area (Å²) in [4.78, 5) is 11.3. The van der Waals surface area contributed by atoms with Gasteiger partial charge in [-0.1, -0.05) is 71.4 Å². The van der Waals surface area contributed by atoms with Crippen molar-refractivity contribution in [2.75, 3.05) is 19.2 Å². The fraction of sp³-hybridized carbons (Fsp3) is 0.600. The summed E-state index contributed by atoms with van der Waals surface area (Å²) in [7, 11) is 1.61. The van der Waals surface area contributed by atoms with E-state index in [0.29, 0.717) is 40.4 Å². The standard InChI is InChI=1S/C25H38N2O4/c1-5-6-7-8-9-10-11-23(31-17-16-18(2)3)20-13-12-19-21(26-28)14-15-22(27-29)24(19)25(20)30-4/h12-15,18,23,27,29H,5-11,16-17H2,1-4H3. The van der Waals surface area contributed by atoms with Crippen LogP contribution in [0.3, 0.4) is 0 Å². The Morgan fingerprint density at radius 3 is 2.42 bits per heavy atom. The first kappa shape index (κ1) is 25.1. The summed E-state index contributed by atoms with van der Waals surface area (Å²) in [6.45, 7) is 7.29. The minimum Gasteiger partial charge on any atom is -0.496 e. The molecular formula is C25H38N2O4. The molecule has 6 nitrogen and oxygen atoms in total. The summed E-state index contributed by atoms with van der Waals surface area (Å²) in [5, 5.41) is 14.1. The number of hydrogen-bond acceptors (Lipinski definition) is 6. The Bertz CT molecular complexity index is 823. The van der Waals surface area contributed by atoms with Crippen LogP contribution in [-0.2, 0) is 4.74 Å². The largest absolute Gasteiger partial charge is 0.496 e. The highest BCUT2D eigenvalue weighted by Crippen LogP contribution is 2.43. The van der Waals surface area contributed by atoms with E-state index in [1.54, 1.807) is 19.2 Å². The SMILES string of the molecule is CCCCCCCCC(OCCC(C)C)c1ccc2c(N=O)ccc(NO)c2c1OC. The van der Waals surface area contributed by atoms with Crippen LogP contribution < -0.4 is 10.2 Å². The number of ether oxygens (including phenoxy) is 2. The highest BCUT2D eigenvalue weighted by Gasteiger charge is 2.22. The fourth-order valence-corrected chi connectivity index (χ4v) is 3.95. The van der Waals surface area contributed by atoms with Gasteiger partial charge in [-0.2, -0.15) is 0 Å². The number of benzene rings is 2. The predicted molar refractivity (Wildman–Crippen MR) is 128 cm³/mol. The Balaban J connectivity index is 2.35. The number of fused-ring (bicyclic) bond motifs is 1. The van der Waals surface area contributed by atoms with E-state index in [-0.39, 0.29) is 6.10 Å². The summed E-state index contributed by atoms with van der Waals surface area (Å²) in [6.07, 6.45) is 9.11. The molecule has 2 N–H and O–H groups in total. The Morgan fingerprint density at radius 1 is 1.03 bits per heavy atom. The summed E-state index contributed by atoms with van der Waals surface area (Å²) in [6, 6.07) is 7.05. The van der Waals surface area contributed by atoms with Crippen LogP contribution in [-0.4, -0.2) is 18.9 Å². The zero-order valence-electron chi connectivity index (χ0n) is 19.4. The van der Waals surface area contributed by atoms with E-state index in [9.17, 15) is 10.1 Å². The van der Waals surface area contributed by atoms with E-state index in [4.69, 9.17) is 9.47 Å². The molecule has 0 saturated heterocycles. The Kier molecular flexibility index (Phi) is 10.7. The number of nitrogens with one attached hydrogen (secondary N) is 1. The van der Waals surface area contributed by atoms with Crippen LogP contribution in [0.2, 0.25) is 0 Å². The van der Waals surface area contributed by atoms with Crippen molar-refractivity contribution in [2.24, 2.45) is 11.1 Å². The molecule has 0 aliphatic carbocycles. The Hall–Kier alpha value is -2.18. The lowest BCUT2D eigenvalue weighted by Crippen LogP contribution is -2.10. The summed E-state index contributed by atoms with van der Waals surface area (Å²) in [5.74, 6) is 1.18. The van der Waals surface area contributed by atoms with E-state index in [1.807, 2.05) is 12.1 Å². The van der Waals surface area contributed by atoms with Gasteiger partial charge in [-0.25, -0.2) is 0 Å². The predicted octanol–water partition coefficient (Wildman–Crippen LogP) is 7.90. The molecule has 1 unspecified atom stereocenters. The molecular weight excluding hydrogens is 392 g/mol. The van der Waals surface area contributed by atoms with Gasteiger partial charge in [0.15, 0.2) is 0 Å². The Morgan fingerprint density at radius 2 is 1.77 bits per heavy atom. The molecule has 0 amide bonds. The Labute approximate surface area is 186 Å². The van der Waals surface area contributed by atoms with Gasteiger partial charge in [0.25, 0.3) is 0 Å². The van der Waals surface area contributed by atoms with Crippen molar-refractivity contribution in [3.05, 3.63) is 34.7 Å². The van der Waals surface area contributed by atoms with Crippen LogP contribution in [0.5, 0.6) is 5.75 Å². The molecule has 0 aromatic heterocycles. The lowest BCUT2D eigenvalue weighted by Gasteiger charge is -2.23. The lowest BCUT2D eigenvalue weighted by molar-refractivity contribution is 0.0369. The number of anilines is 1. The summed E-state index contributed by atoms with van der Waals surface area (Å²) < 4.78 is 12.1. The van der Waals surface area contributed by atoms with Crippen LogP contribution in [0.1, 0.15) is 83.8 Å². The molecule has 0 aliphatic rings. The van der Waals surface area contributed by atoms with Crippen molar-refractivity contribution < 1.29 is 14.7 Å². The molecule has 172 valence electrons. The second-order valence-electron chi connectivity index (χ2n) is 8.54. The smallest absolute Gasteiger partial charge is 0.134 e. The molecule has 0 bridgehead atoms. The van der Waals surface area contributed by atoms with Crippen molar-refractivity contribution >= 4 is 22.1 Å². The molecule has 2 rings (SSSR count). The van der Waals surface area contributed by atoms with Gasteiger partial charge in [-0.05, 0) is 36.1 Å². The number of rotatable bonds is 15. The van der Waals surface area contributed by atoms with Gasteiger partial charge < -0.3 is 9.47 Å². The van der Waals surface area contributed by atoms with E-state index in [1.165, 1.54) is 32.1 Å². The first-order chi connectivity index (χ1) is 15.1. The molecule has 6 heteroatoms. The minimum absolute atomic E-state index is 0.108. The van der Waals surface area contributed by atoms with Gasteiger partial charge >= 0.3 is 0 Å². The van der Waals surface area contributed by atoms with Crippen molar-refractivity contribution in [1.29, 1.82) is 0 Å². The molecule has 0 aliphatic heterocycles. The molecule has 0 saturated carbocycles. The maximum Gasteiger partial charge on any atom is 0.134 e. The molecule has 0 radical (unpaired) electrons. The zero-order chi connectivity index (χ0) is 22.6. The molecule has 31 heavy (non-hydrogen) atoms. The molecule has 0 spiro atoms. The van der Waals surface area contributed by atoms with Crippen LogP contribution in [0.15, 0.2) is 29.4 Å². The van der Waals surface area contributed by atoms with E-state index in [2.05, 4.69) is 31.4 Å². The monoisotopic (exact) mass is 430 g/mol. The average Bonchev–Trinajstić information content (AvgIpc) is 2.78. The van der Waals surface area contributed by atoms with E-state index < -0.39 is 0 Å². The molecule has 2 aromatic rings. The van der Waals surface area contributed by atoms with Gasteiger partial charge in [-0.3, -0.25) is 10.7 Å². The fourth-order valence-electron chi connectivity index (χ4n) is 3.95. The third-order valence-corrected chi connectivity index (χ3v) is 5.75. The summed E-state index contributed by atoms with van der Waals surface area (Å²) >= 11 is 0. The van der Waals surface area contributed by atoms with Crippen molar-refractivity contribution in [3.8, 4) is 5.75 Å². The molecule has 0 fully saturated rings. The third kappa shape index (κ3) is 6.91. The normalized spacial score (nSPS) is 12.3. The molecule has 2 aromatic carbocycles. The lowest BCUT2D eigenvalue weighted by atomic mass is 9.96. The van der Waals surface area contributed by atoms with Crippen LogP contribution >= 0.6 is 0 Å². The van der Waals surface area contributed by atoms with Gasteiger partial charge in [0.05, 0.1) is 24.3 Å². The van der Waals surface area contributed by atoms with Crippen LogP contribution in [0.4, 0.5) is 11.4 Å². The highest BCUT2D eigenvalue weighted by molar-refractivity contribution is 6.05. The number of nitroso groups, excluding NO2 is 1. The van der Waals surface area contributed by atoms with Crippen molar-refractivity contribution in [1.82, 2.24) is 0 Å². The highest BCUT2D eigenvalue weighted by atomic mass is 16.5. The topological polar surface area (TPSA) is 80.2 Å². The van der Waals surface area contributed by atoms with Crippen molar-refractivity contribution in [2.45, 2.75) is 78.2 Å². The number of methoxy groups -OCH3 is 1. The van der Waals surface area contributed by atoms with Gasteiger partial charge in [0, 0.05) is 17.6 Å². The maximum absolute atomic E-state index is 11.3. The van der Waals surface area contributed by atoms with Crippen LogP contribution in [0, 0.1) is 10.8 Å². The number of hydrogen-bond donors (Lipinski definition) is 2. The number of nitrogens with zero attached hydrogens (tertiary/aromatic N) is 1. The van der Waals surface area contributed by atoms with Crippen molar-refractivity contribution in [3.63, 3.8) is 0 Å². The second-order valence-corrected chi connectivity index (χ2v) is 8.54. The average molecular weight is 431 g/mol. The first-order valence-electron chi connectivity index (χ1n) is 11.6. The van der Waals surface area contributed by atoms with E-state index >= 15 is 0 Å². The zero-order valence-corrected chi connectivity index (χ0v) is 19.4. The second kappa shape index (κ2) is 13.3. The van der Waals surface area contributed by atoms with Crippen LogP contribution in [0.25, 0.3) is 10.8 Å². The minimum atomic E-state index is -0.108. The van der Waals surface area contributed by atoms with Gasteiger partial charge in [-0.15, -0.1) is 4.91 Å². The molecule has 0 heterocycles. The molecule has 1 atom stereocenters. The number of unbranched alkanes of at least 4 members (excludes halogenated alkanes) is 5. The summed E-state index contributed by atoms with van der Waals surface area (Å²) in [5.41, 5.74) is 3.95. The third-order valence-electron chi connectivity index (χ3n) is 5.75. The quantitative estimate of drug-likeness (QED) is 0.170. The van der Waals surface area contributed by atoms with Gasteiger partial charge in [0.2, 0.25) is 0 Å². The first-order valence-corrected chi connectivity index (χ1v) is 11.6. The maximum atomic E-state index is 11.3. The van der Waals surface area contributed by atoms with Gasteiger partial charge in [0.1, 0.15) is 11.4 Å².